The average molecular weight is 303 g/mol. The number of halogens is 3. The molecule has 1 aromatic carbocycles. The number of carbonyl (C=O) groups is 1. The van der Waals surface area contributed by atoms with Gasteiger partial charge in [-0.25, -0.2) is 0 Å². The van der Waals surface area contributed by atoms with E-state index in [0.717, 1.165) is 12.0 Å². The molecule has 0 aliphatic heterocycles. The summed E-state index contributed by atoms with van der Waals surface area (Å²) in [4.78, 5) is 11.5. The van der Waals surface area contributed by atoms with Gasteiger partial charge < -0.3 is 10.1 Å². The van der Waals surface area contributed by atoms with Crippen molar-refractivity contribution in [3.05, 3.63) is 35.9 Å². The van der Waals surface area contributed by atoms with Crippen LogP contribution < -0.4 is 5.32 Å². The number of amides is 1. The minimum Gasteiger partial charge on any atom is -0.372 e. The highest BCUT2D eigenvalue weighted by Crippen LogP contribution is 2.18. The van der Waals surface area contributed by atoms with Gasteiger partial charge in [-0.05, 0) is 12.0 Å². The Kier molecular flexibility index (Phi) is 7.22. The van der Waals surface area contributed by atoms with Gasteiger partial charge in [0.1, 0.15) is 6.61 Å². The van der Waals surface area contributed by atoms with Gasteiger partial charge in [0.05, 0.1) is 6.61 Å². The molecule has 1 rings (SSSR count). The van der Waals surface area contributed by atoms with E-state index >= 15 is 0 Å². The van der Waals surface area contributed by atoms with Crippen molar-refractivity contribution in [3.63, 3.8) is 0 Å². The first-order chi connectivity index (χ1) is 9.92. The summed E-state index contributed by atoms with van der Waals surface area (Å²) in [6.45, 7) is 0.949. The van der Waals surface area contributed by atoms with Crippen LogP contribution in [0.2, 0.25) is 0 Å². The van der Waals surface area contributed by atoms with E-state index in [1.165, 1.54) is 0 Å². The molecule has 0 aromatic heterocycles. The van der Waals surface area contributed by atoms with Crippen LogP contribution in [-0.4, -0.2) is 31.8 Å². The van der Waals surface area contributed by atoms with Crippen LogP contribution in [0.25, 0.3) is 0 Å². The molecule has 1 amide bonds. The summed E-state index contributed by atoms with van der Waals surface area (Å²) < 4.78 is 39.9. The van der Waals surface area contributed by atoms with Crippen molar-refractivity contribution in [2.24, 2.45) is 0 Å². The average Bonchev–Trinajstić information content (AvgIpc) is 2.44. The fourth-order valence-corrected chi connectivity index (χ4v) is 1.90. The molecule has 1 aromatic rings. The smallest absolute Gasteiger partial charge is 0.372 e. The highest BCUT2D eigenvalue weighted by molar-refractivity contribution is 5.76. The van der Waals surface area contributed by atoms with Crippen molar-refractivity contribution in [2.45, 2.75) is 31.9 Å². The lowest BCUT2D eigenvalue weighted by atomic mass is 9.96. The van der Waals surface area contributed by atoms with Crippen LogP contribution in [0.1, 0.15) is 31.2 Å². The van der Waals surface area contributed by atoms with Crippen molar-refractivity contribution in [3.8, 4) is 0 Å². The minimum absolute atomic E-state index is 0.0682. The minimum atomic E-state index is -4.35. The summed E-state index contributed by atoms with van der Waals surface area (Å²) in [6, 6.07) is 9.78. The van der Waals surface area contributed by atoms with Gasteiger partial charge in [0.2, 0.25) is 5.91 Å². The molecule has 0 aliphatic rings. The topological polar surface area (TPSA) is 38.3 Å². The molecule has 0 saturated carbocycles. The van der Waals surface area contributed by atoms with Gasteiger partial charge in [0.25, 0.3) is 0 Å². The Balaban J connectivity index is 2.25. The third kappa shape index (κ3) is 7.70. The Morgan fingerprint density at radius 2 is 1.95 bits per heavy atom. The quantitative estimate of drug-likeness (QED) is 0.749. The second-order valence-corrected chi connectivity index (χ2v) is 4.74. The number of benzene rings is 1. The molecule has 21 heavy (non-hydrogen) atoms. The number of hydrogen-bond donors (Lipinski definition) is 1. The Labute approximate surface area is 122 Å². The highest BCUT2D eigenvalue weighted by atomic mass is 19.4. The number of nitrogens with one attached hydrogen (secondary N) is 1. The SMILES string of the molecule is CCC(CNC(=O)CCOCC(F)(F)F)c1ccccc1. The second-order valence-electron chi connectivity index (χ2n) is 4.74. The second kappa shape index (κ2) is 8.67. The molecule has 1 N–H and O–H groups in total. The Bertz CT molecular complexity index is 421. The molecule has 0 aliphatic carbocycles. The lowest BCUT2D eigenvalue weighted by molar-refractivity contribution is -0.174. The maximum atomic E-state index is 11.8. The zero-order chi connectivity index (χ0) is 15.7. The fourth-order valence-electron chi connectivity index (χ4n) is 1.90. The lowest BCUT2D eigenvalue weighted by Crippen LogP contribution is -2.29. The van der Waals surface area contributed by atoms with E-state index in [1.54, 1.807) is 0 Å². The highest BCUT2D eigenvalue weighted by Gasteiger charge is 2.27. The molecule has 0 heterocycles. The number of carbonyl (C=O) groups excluding carboxylic acids is 1. The monoisotopic (exact) mass is 303 g/mol. The molecule has 0 fully saturated rings. The maximum Gasteiger partial charge on any atom is 0.411 e. The standard InChI is InChI=1S/C15H20F3NO2/c1-2-12(13-6-4-3-5-7-13)10-19-14(20)8-9-21-11-15(16,17)18/h3-7,12H,2,8-11H2,1H3,(H,19,20). The van der Waals surface area contributed by atoms with E-state index in [9.17, 15) is 18.0 Å². The van der Waals surface area contributed by atoms with E-state index in [4.69, 9.17) is 0 Å². The van der Waals surface area contributed by atoms with E-state index < -0.39 is 12.8 Å². The summed E-state index contributed by atoms with van der Waals surface area (Å²) in [5.74, 6) is -0.0993. The van der Waals surface area contributed by atoms with Gasteiger partial charge >= 0.3 is 6.18 Å². The first-order valence-electron chi connectivity index (χ1n) is 6.88. The molecule has 0 saturated heterocycles. The van der Waals surface area contributed by atoms with Gasteiger partial charge in [-0.15, -0.1) is 0 Å². The molecular formula is C15H20F3NO2. The van der Waals surface area contributed by atoms with Crippen molar-refractivity contribution in [2.75, 3.05) is 19.8 Å². The van der Waals surface area contributed by atoms with Gasteiger partial charge in [-0.3, -0.25) is 4.79 Å². The van der Waals surface area contributed by atoms with Crippen LogP contribution in [0.3, 0.4) is 0 Å². The molecule has 6 heteroatoms. The first kappa shape index (κ1) is 17.5. The van der Waals surface area contributed by atoms with E-state index in [0.29, 0.717) is 6.54 Å². The molecule has 1 atom stereocenters. The van der Waals surface area contributed by atoms with Crippen LogP contribution in [0.15, 0.2) is 30.3 Å². The molecular weight excluding hydrogens is 283 g/mol. The predicted molar refractivity (Wildman–Crippen MR) is 74.0 cm³/mol. The lowest BCUT2D eigenvalue weighted by Gasteiger charge is -2.16. The maximum absolute atomic E-state index is 11.8. The zero-order valence-electron chi connectivity index (χ0n) is 12.0. The van der Waals surface area contributed by atoms with Gasteiger partial charge in [0, 0.05) is 18.9 Å². The van der Waals surface area contributed by atoms with Crippen LogP contribution in [0.5, 0.6) is 0 Å². The van der Waals surface area contributed by atoms with Crippen LogP contribution in [0, 0.1) is 0 Å². The Morgan fingerprint density at radius 3 is 2.52 bits per heavy atom. The molecule has 0 radical (unpaired) electrons. The van der Waals surface area contributed by atoms with Crippen LogP contribution in [0.4, 0.5) is 13.2 Å². The normalized spacial score (nSPS) is 13.0. The Morgan fingerprint density at radius 1 is 1.29 bits per heavy atom. The predicted octanol–water partition coefficient (Wildman–Crippen LogP) is 3.27. The molecule has 1 unspecified atom stereocenters. The van der Waals surface area contributed by atoms with Gasteiger partial charge in [-0.2, -0.15) is 13.2 Å². The molecule has 0 bridgehead atoms. The van der Waals surface area contributed by atoms with Crippen molar-refractivity contribution < 1.29 is 22.7 Å². The van der Waals surface area contributed by atoms with E-state index in [1.807, 2.05) is 37.3 Å². The van der Waals surface area contributed by atoms with Crippen LogP contribution >= 0.6 is 0 Å². The fraction of sp³-hybridized carbons (Fsp3) is 0.533. The van der Waals surface area contributed by atoms with Gasteiger partial charge in [0.15, 0.2) is 0 Å². The zero-order valence-corrected chi connectivity index (χ0v) is 12.0. The molecule has 0 spiro atoms. The van der Waals surface area contributed by atoms with Gasteiger partial charge in [-0.1, -0.05) is 37.3 Å². The van der Waals surface area contributed by atoms with Crippen LogP contribution in [-0.2, 0) is 9.53 Å². The summed E-state index contributed by atoms with van der Waals surface area (Å²) in [5.41, 5.74) is 1.13. The summed E-state index contributed by atoms with van der Waals surface area (Å²) in [5, 5.41) is 2.73. The third-order valence-electron chi connectivity index (χ3n) is 3.05. The summed E-state index contributed by atoms with van der Waals surface area (Å²) in [6.07, 6.45) is -3.55. The van der Waals surface area contributed by atoms with E-state index in [2.05, 4.69) is 10.1 Å². The number of alkyl halides is 3. The number of ether oxygens (including phenoxy) is 1. The molecule has 118 valence electrons. The Hall–Kier alpha value is -1.56. The largest absolute Gasteiger partial charge is 0.411 e. The molecule has 3 nitrogen and oxygen atoms in total. The van der Waals surface area contributed by atoms with Crippen molar-refractivity contribution in [1.82, 2.24) is 5.32 Å². The summed E-state index contributed by atoms with van der Waals surface area (Å²) >= 11 is 0. The first-order valence-corrected chi connectivity index (χ1v) is 6.88. The van der Waals surface area contributed by atoms with Crippen molar-refractivity contribution >= 4 is 5.91 Å². The number of hydrogen-bond acceptors (Lipinski definition) is 2. The number of rotatable bonds is 8. The van der Waals surface area contributed by atoms with E-state index in [-0.39, 0.29) is 24.9 Å². The van der Waals surface area contributed by atoms with Crippen molar-refractivity contribution in [1.29, 1.82) is 0 Å². The summed E-state index contributed by atoms with van der Waals surface area (Å²) in [7, 11) is 0. The third-order valence-corrected chi connectivity index (χ3v) is 3.05.